The number of ether oxygens (including phenoxy) is 2. The second-order valence-corrected chi connectivity index (χ2v) is 19.7. The van der Waals surface area contributed by atoms with E-state index in [4.69, 9.17) is 9.47 Å². The lowest BCUT2D eigenvalue weighted by Crippen LogP contribution is -2.78. The highest BCUT2D eigenvalue weighted by molar-refractivity contribution is 8.77. The summed E-state index contributed by atoms with van der Waals surface area (Å²) in [6.07, 6.45) is 6.40. The summed E-state index contributed by atoms with van der Waals surface area (Å²) in [4.78, 5) is 35.4. The SMILES string of the molecule is O=C1c2cccc3c2C(=O)C2(C(O)=CC(Cc4cccc(CO)c4)=CC12)C(CCCO)SSCNc1cc(ccn1)C1(CCCC1)C1C=CC2(CO)OC(O3)C(O)C1(O)C2O. The van der Waals surface area contributed by atoms with Gasteiger partial charge in [0.2, 0.25) is 6.29 Å². The van der Waals surface area contributed by atoms with Crippen LogP contribution in [0.25, 0.3) is 0 Å². The Hall–Kier alpha value is -4.03. The molecule has 9 unspecified atom stereocenters. The zero-order valence-corrected chi connectivity index (χ0v) is 35.0. The monoisotopic (exact) mass is 870 g/mol. The number of carbonyl (C=O) groups is 2. The van der Waals surface area contributed by atoms with E-state index in [1.165, 1.54) is 45.9 Å². The first-order valence-electron chi connectivity index (χ1n) is 20.8. The third-order valence-electron chi connectivity index (χ3n) is 14.0. The summed E-state index contributed by atoms with van der Waals surface area (Å²) in [5.41, 5.74) is -4.03. The van der Waals surface area contributed by atoms with Gasteiger partial charge in [-0.25, -0.2) is 4.98 Å². The molecule has 1 saturated carbocycles. The van der Waals surface area contributed by atoms with Gasteiger partial charge in [0.25, 0.3) is 0 Å². The Kier molecular flexibility index (Phi) is 11.3. The third kappa shape index (κ3) is 6.53. The number of anilines is 1. The summed E-state index contributed by atoms with van der Waals surface area (Å²) in [6, 6.07) is 15.6. The van der Waals surface area contributed by atoms with E-state index in [1.54, 1.807) is 30.5 Å². The van der Waals surface area contributed by atoms with Crippen LogP contribution in [0.5, 0.6) is 5.75 Å². The van der Waals surface area contributed by atoms with Crippen LogP contribution in [0.15, 0.2) is 96.4 Å². The number of nitrogens with zero attached hydrogens (tertiary/aromatic N) is 1. The Balaban J connectivity index is 1.22. The van der Waals surface area contributed by atoms with E-state index >= 15 is 9.59 Å². The number of benzene rings is 2. The van der Waals surface area contributed by atoms with Gasteiger partial charge in [0, 0.05) is 35.0 Å². The summed E-state index contributed by atoms with van der Waals surface area (Å²) in [7, 11) is 2.72. The number of allylic oxidation sites excluding steroid dienone is 4. The molecule has 2 fully saturated rings. The summed E-state index contributed by atoms with van der Waals surface area (Å²) in [6.45, 7) is -1.14. The number of hydrogen-bond acceptors (Lipinski definition) is 15. The maximum Gasteiger partial charge on any atom is 0.230 e. The minimum Gasteiger partial charge on any atom is -0.511 e. The van der Waals surface area contributed by atoms with Gasteiger partial charge < -0.3 is 50.5 Å². The van der Waals surface area contributed by atoms with Crippen molar-refractivity contribution >= 4 is 39.0 Å². The van der Waals surface area contributed by atoms with Crippen molar-refractivity contribution in [3.8, 4) is 5.75 Å². The van der Waals surface area contributed by atoms with Gasteiger partial charge in [-0.3, -0.25) is 9.59 Å². The standard InChI is InChI=1S/C46H50N2O11S2/c49-17-5-10-35-45-31(20-28(21-34(45)52)19-26-6-3-7-27(18-26)23-50)38(53)30-8-4-9-32(37(30)39(45)54)58-41-40(55)46(57)33(11-15-44(24-51,59-41)42(46)56)43(13-1-2-14-43)29-12-16-47-36(22-29)48-25-60-61-35/h3-4,6-9,11-12,15-16,18,20-22,31,33,35,40-42,49-52,55-57H,1-2,5,10,13-14,17,19,23-25H2,(H,47,48). The summed E-state index contributed by atoms with van der Waals surface area (Å²) in [5.74, 6) is -2.77. The van der Waals surface area contributed by atoms with Crippen molar-refractivity contribution in [2.24, 2.45) is 17.3 Å². The van der Waals surface area contributed by atoms with Gasteiger partial charge in [0.1, 0.15) is 46.2 Å². The van der Waals surface area contributed by atoms with Crippen molar-refractivity contribution in [2.75, 3.05) is 24.4 Å². The van der Waals surface area contributed by atoms with E-state index in [0.717, 1.165) is 24.0 Å². The van der Waals surface area contributed by atoms with Crippen LogP contribution in [0.1, 0.15) is 75.9 Å². The number of hydrogen-bond donors (Lipinski definition) is 8. The number of Topliss-reactive ketones (excluding diaryl/α,β-unsaturated/α-hetero) is 2. The molecule has 0 radical (unpaired) electrons. The van der Waals surface area contributed by atoms with Gasteiger partial charge in [-0.15, -0.1) is 0 Å². The van der Waals surface area contributed by atoms with Crippen LogP contribution < -0.4 is 10.1 Å². The van der Waals surface area contributed by atoms with E-state index in [9.17, 15) is 35.7 Å². The predicted octanol–water partition coefficient (Wildman–Crippen LogP) is 4.70. The van der Waals surface area contributed by atoms with Crippen molar-refractivity contribution in [2.45, 2.75) is 91.9 Å². The van der Waals surface area contributed by atoms with Crippen LogP contribution >= 0.6 is 21.6 Å². The van der Waals surface area contributed by atoms with Crippen LogP contribution in [-0.2, 0) is 23.2 Å². The fraction of sp³-hybridized carbons (Fsp3) is 0.457. The quantitative estimate of drug-likeness (QED) is 0.119. The van der Waals surface area contributed by atoms with E-state index in [2.05, 4.69) is 10.3 Å². The molecule has 7 bridgehead atoms. The number of pyridine rings is 1. The highest BCUT2D eigenvalue weighted by Gasteiger charge is 2.70. The molecule has 0 amide bonds. The highest BCUT2D eigenvalue weighted by atomic mass is 33.1. The van der Waals surface area contributed by atoms with E-state index in [0.29, 0.717) is 42.1 Å². The fourth-order valence-corrected chi connectivity index (χ4v) is 13.9. The molecule has 1 saturated heterocycles. The number of fused-ring (bicyclic) bond motifs is 6. The normalized spacial score (nSPS) is 33.8. The molecule has 61 heavy (non-hydrogen) atoms. The number of aromatic nitrogens is 1. The Morgan fingerprint density at radius 2 is 1.77 bits per heavy atom. The molecule has 3 aromatic rings. The smallest absolute Gasteiger partial charge is 0.230 e. The minimum absolute atomic E-state index is 0.0266. The number of rotatable bonds is 7. The van der Waals surface area contributed by atoms with Crippen molar-refractivity contribution < 1.29 is 54.8 Å². The molecule has 4 aliphatic carbocycles. The first-order chi connectivity index (χ1) is 29.5. The van der Waals surface area contributed by atoms with Gasteiger partial charge in [-0.05, 0) is 78.6 Å². The molecule has 9 atom stereocenters. The molecule has 15 heteroatoms. The molecule has 3 heterocycles. The minimum atomic E-state index is -2.34. The Bertz CT molecular complexity index is 2310. The Morgan fingerprint density at radius 1 is 0.984 bits per heavy atom. The zero-order chi connectivity index (χ0) is 42.7. The van der Waals surface area contributed by atoms with Gasteiger partial charge in [0.05, 0.1) is 30.6 Å². The zero-order valence-electron chi connectivity index (χ0n) is 33.4. The van der Waals surface area contributed by atoms with Gasteiger partial charge in [-0.2, -0.15) is 0 Å². The topological polar surface area (TPSA) is 219 Å². The number of nitrogens with one attached hydrogen (secondary N) is 1. The molecule has 2 aromatic carbocycles. The lowest BCUT2D eigenvalue weighted by atomic mass is 9.55. The van der Waals surface area contributed by atoms with Gasteiger partial charge in [0.15, 0.2) is 11.6 Å². The number of aliphatic hydroxyl groups excluding tert-OH is 6. The van der Waals surface area contributed by atoms with Gasteiger partial charge in [-0.1, -0.05) is 89.1 Å². The lowest BCUT2D eigenvalue weighted by molar-refractivity contribution is -0.354. The molecule has 2 aliphatic heterocycles. The number of carbonyl (C=O) groups excluding carboxylic acids is 2. The molecule has 322 valence electrons. The maximum atomic E-state index is 15.7. The molecule has 8 N–H and O–H groups in total. The molecule has 1 aromatic heterocycles. The molecule has 6 aliphatic rings. The van der Waals surface area contributed by atoms with Crippen molar-refractivity contribution in [1.82, 2.24) is 4.98 Å². The second kappa shape index (κ2) is 16.3. The van der Waals surface area contributed by atoms with E-state index in [-0.39, 0.29) is 48.7 Å². The van der Waals surface area contributed by atoms with E-state index in [1.807, 2.05) is 30.3 Å². The Labute approximate surface area is 361 Å². The van der Waals surface area contributed by atoms with Crippen LogP contribution in [0.4, 0.5) is 5.82 Å². The largest absolute Gasteiger partial charge is 0.511 e. The first-order valence-corrected chi connectivity index (χ1v) is 23.2. The van der Waals surface area contributed by atoms with Crippen LogP contribution in [-0.4, -0.2) is 106 Å². The number of ketones is 2. The summed E-state index contributed by atoms with van der Waals surface area (Å²) in [5, 5.41) is 83.1. The van der Waals surface area contributed by atoms with Crippen LogP contribution in [0.2, 0.25) is 0 Å². The van der Waals surface area contributed by atoms with Crippen molar-refractivity contribution in [1.29, 1.82) is 0 Å². The number of aliphatic hydroxyl groups is 7. The molecular weight excluding hydrogens is 821 g/mol. The van der Waals surface area contributed by atoms with Crippen LogP contribution in [0, 0.1) is 17.3 Å². The molecule has 2 spiro atoms. The summed E-state index contributed by atoms with van der Waals surface area (Å²) < 4.78 is 12.7. The van der Waals surface area contributed by atoms with Crippen molar-refractivity contribution in [3.63, 3.8) is 0 Å². The average Bonchev–Trinajstić information content (AvgIpc) is 3.77. The highest BCUT2D eigenvalue weighted by Crippen LogP contribution is 2.60. The maximum absolute atomic E-state index is 15.7. The van der Waals surface area contributed by atoms with Gasteiger partial charge >= 0.3 is 0 Å². The second-order valence-electron chi connectivity index (χ2n) is 17.1. The molecule has 9 rings (SSSR count). The fourth-order valence-electron chi connectivity index (χ4n) is 11.0. The third-order valence-corrected chi connectivity index (χ3v) is 16.7. The Morgan fingerprint density at radius 3 is 2.54 bits per heavy atom. The molecule has 13 nitrogen and oxygen atoms in total. The average molecular weight is 871 g/mol. The van der Waals surface area contributed by atoms with Crippen LogP contribution in [0.3, 0.4) is 0 Å². The predicted molar refractivity (Wildman–Crippen MR) is 229 cm³/mol. The first kappa shape index (κ1) is 42.3. The molecular formula is C46H50N2O11S2. The van der Waals surface area contributed by atoms with E-state index < -0.39 is 75.8 Å². The summed E-state index contributed by atoms with van der Waals surface area (Å²) >= 11 is 0. The van der Waals surface area contributed by atoms with Crippen molar-refractivity contribution in [3.05, 3.63) is 124 Å². The lowest BCUT2D eigenvalue weighted by Gasteiger charge is -2.60.